The summed E-state index contributed by atoms with van der Waals surface area (Å²) in [5.41, 5.74) is 1.83. The van der Waals surface area contributed by atoms with Gasteiger partial charge in [0.25, 0.3) is 5.56 Å². The lowest BCUT2D eigenvalue weighted by Crippen LogP contribution is -2.15. The lowest BCUT2D eigenvalue weighted by atomic mass is 10.2. The van der Waals surface area contributed by atoms with E-state index < -0.39 is 0 Å². The summed E-state index contributed by atoms with van der Waals surface area (Å²) in [6, 6.07) is 5.50. The fourth-order valence-corrected chi connectivity index (χ4v) is 5.12. The molecule has 0 aliphatic carbocycles. The Morgan fingerprint density at radius 1 is 1.45 bits per heavy atom. The van der Waals surface area contributed by atoms with Gasteiger partial charge in [-0.25, -0.2) is 9.97 Å². The number of halogens is 1. The first-order valence-corrected chi connectivity index (χ1v) is 11.6. The minimum absolute atomic E-state index is 0.0823. The Kier molecular flexibility index (Phi) is 5.83. The third-order valence-electron chi connectivity index (χ3n) is 3.84. The van der Waals surface area contributed by atoms with E-state index in [0.717, 1.165) is 23.0 Å². The second-order valence-corrected chi connectivity index (χ2v) is 9.74. The summed E-state index contributed by atoms with van der Waals surface area (Å²) in [4.78, 5) is 35.9. The summed E-state index contributed by atoms with van der Waals surface area (Å²) in [7, 11) is 0. The molecule has 148 valence electrons. The number of H-pyrrole nitrogens is 1. The smallest absolute Gasteiger partial charge is 0.271 e. The molecule has 0 aliphatic heterocycles. The SMILES string of the molecule is Cc1cc(-n2c(=S)sc3c(=O)[nH]c(SCC(=O)Nc4nccs4)nc32)ccc1Cl. The van der Waals surface area contributed by atoms with Crippen LogP contribution in [0, 0.1) is 10.9 Å². The molecule has 0 saturated carbocycles. The summed E-state index contributed by atoms with van der Waals surface area (Å²) >= 11 is 15.2. The van der Waals surface area contributed by atoms with E-state index >= 15 is 0 Å². The van der Waals surface area contributed by atoms with Crippen LogP contribution in [0.15, 0.2) is 39.7 Å². The van der Waals surface area contributed by atoms with Gasteiger partial charge in [0.15, 0.2) is 19.9 Å². The number of thioether (sulfide) groups is 1. The molecule has 3 aromatic heterocycles. The van der Waals surface area contributed by atoms with E-state index in [0.29, 0.717) is 29.6 Å². The topological polar surface area (TPSA) is 92.7 Å². The number of amides is 1. The van der Waals surface area contributed by atoms with Gasteiger partial charge in [-0.05, 0) is 42.9 Å². The van der Waals surface area contributed by atoms with Crippen LogP contribution < -0.4 is 10.9 Å². The number of aryl methyl sites for hydroxylation is 1. The van der Waals surface area contributed by atoms with Gasteiger partial charge in [-0.15, -0.1) is 11.3 Å². The monoisotopic (exact) mass is 481 g/mol. The lowest BCUT2D eigenvalue weighted by molar-refractivity contribution is -0.113. The third kappa shape index (κ3) is 4.28. The fraction of sp³-hybridized carbons (Fsp3) is 0.118. The van der Waals surface area contributed by atoms with E-state index in [9.17, 15) is 9.59 Å². The Morgan fingerprint density at radius 3 is 3.00 bits per heavy atom. The van der Waals surface area contributed by atoms with Crippen LogP contribution in [0.4, 0.5) is 5.13 Å². The van der Waals surface area contributed by atoms with Crippen molar-refractivity contribution >= 4 is 79.6 Å². The van der Waals surface area contributed by atoms with Crippen molar-refractivity contribution in [2.75, 3.05) is 11.1 Å². The van der Waals surface area contributed by atoms with Gasteiger partial charge in [-0.1, -0.05) is 34.7 Å². The average molecular weight is 482 g/mol. The molecule has 0 aliphatic rings. The second-order valence-electron chi connectivity index (χ2n) is 5.83. The van der Waals surface area contributed by atoms with Crippen molar-refractivity contribution in [3.05, 3.63) is 54.7 Å². The van der Waals surface area contributed by atoms with Crippen molar-refractivity contribution in [1.29, 1.82) is 0 Å². The maximum Gasteiger partial charge on any atom is 0.271 e. The van der Waals surface area contributed by atoms with Crippen LogP contribution in [-0.2, 0) is 4.79 Å². The molecule has 0 spiro atoms. The van der Waals surface area contributed by atoms with E-state index in [1.54, 1.807) is 22.2 Å². The highest BCUT2D eigenvalue weighted by atomic mass is 35.5. The highest BCUT2D eigenvalue weighted by molar-refractivity contribution is 7.99. The van der Waals surface area contributed by atoms with Gasteiger partial charge in [0.1, 0.15) is 4.70 Å². The first-order chi connectivity index (χ1) is 13.9. The van der Waals surface area contributed by atoms with Crippen LogP contribution in [0.5, 0.6) is 0 Å². The van der Waals surface area contributed by atoms with Crippen LogP contribution in [0.3, 0.4) is 0 Å². The number of nitrogens with one attached hydrogen (secondary N) is 2. The summed E-state index contributed by atoms with van der Waals surface area (Å²) in [6.07, 6.45) is 1.61. The number of thiazole rings is 2. The van der Waals surface area contributed by atoms with Gasteiger partial charge in [-0.2, -0.15) is 0 Å². The predicted octanol–water partition coefficient (Wildman–Crippen LogP) is 4.65. The third-order valence-corrected chi connectivity index (χ3v) is 7.19. The molecule has 3 heterocycles. The minimum Gasteiger partial charge on any atom is -0.301 e. The molecule has 29 heavy (non-hydrogen) atoms. The zero-order valence-corrected chi connectivity index (χ0v) is 18.8. The van der Waals surface area contributed by atoms with Gasteiger partial charge in [-0.3, -0.25) is 14.2 Å². The molecule has 0 atom stereocenters. The Hall–Kier alpha value is -2.05. The van der Waals surface area contributed by atoms with E-state index in [2.05, 4.69) is 20.3 Å². The van der Waals surface area contributed by atoms with Crippen molar-refractivity contribution in [3.63, 3.8) is 0 Å². The fourth-order valence-electron chi connectivity index (χ4n) is 2.53. The number of benzene rings is 1. The standard InChI is InChI=1S/C17H12ClN5O2S4/c1-8-6-9(2-3-10(8)18)23-13-12(29-17(23)26)14(25)22-16(21-13)28-7-11(24)20-15-19-4-5-27-15/h2-6H,7H2,1H3,(H,19,20,24)(H,21,22,25). The van der Waals surface area contributed by atoms with Crippen molar-refractivity contribution in [1.82, 2.24) is 19.5 Å². The van der Waals surface area contributed by atoms with E-state index in [4.69, 9.17) is 23.8 Å². The number of carbonyl (C=O) groups is 1. The molecule has 0 saturated heterocycles. The molecule has 0 radical (unpaired) electrons. The van der Waals surface area contributed by atoms with Crippen molar-refractivity contribution in [3.8, 4) is 5.69 Å². The molecule has 1 amide bonds. The first-order valence-electron chi connectivity index (χ1n) is 8.17. The lowest BCUT2D eigenvalue weighted by Gasteiger charge is -2.07. The number of rotatable bonds is 5. The molecular weight excluding hydrogens is 470 g/mol. The molecule has 4 rings (SSSR count). The molecule has 0 fully saturated rings. The first kappa shape index (κ1) is 20.2. The van der Waals surface area contributed by atoms with Crippen LogP contribution in [0.1, 0.15) is 5.56 Å². The van der Waals surface area contributed by atoms with E-state index in [-0.39, 0.29) is 17.2 Å². The summed E-state index contributed by atoms with van der Waals surface area (Å²) in [5.74, 6) is -0.151. The van der Waals surface area contributed by atoms with Crippen LogP contribution >= 0.6 is 58.3 Å². The van der Waals surface area contributed by atoms with Crippen molar-refractivity contribution in [2.45, 2.75) is 12.1 Å². The van der Waals surface area contributed by atoms with Crippen molar-refractivity contribution < 1.29 is 4.79 Å². The quantitative estimate of drug-likeness (QED) is 0.245. The molecule has 2 N–H and O–H groups in total. The number of fused-ring (bicyclic) bond motifs is 1. The van der Waals surface area contributed by atoms with Crippen LogP contribution in [0.2, 0.25) is 5.02 Å². The number of anilines is 1. The maximum atomic E-state index is 12.5. The normalized spacial score (nSPS) is 11.1. The van der Waals surface area contributed by atoms with E-state index in [1.807, 2.05) is 19.1 Å². The number of hydrogen-bond donors (Lipinski definition) is 2. The predicted molar refractivity (Wildman–Crippen MR) is 122 cm³/mol. The maximum absolute atomic E-state index is 12.5. The summed E-state index contributed by atoms with van der Waals surface area (Å²) < 4.78 is 2.68. The second kappa shape index (κ2) is 8.36. The zero-order valence-electron chi connectivity index (χ0n) is 14.8. The Balaban J connectivity index is 1.66. The van der Waals surface area contributed by atoms with Crippen LogP contribution in [-0.4, -0.2) is 31.2 Å². The van der Waals surface area contributed by atoms with Gasteiger partial charge >= 0.3 is 0 Å². The molecule has 1 aromatic carbocycles. The van der Waals surface area contributed by atoms with E-state index in [1.165, 1.54) is 22.7 Å². The summed E-state index contributed by atoms with van der Waals surface area (Å²) in [6.45, 7) is 1.90. The van der Waals surface area contributed by atoms with Gasteiger partial charge in [0.2, 0.25) is 5.91 Å². The van der Waals surface area contributed by atoms with Gasteiger partial charge in [0.05, 0.1) is 5.75 Å². The number of hydrogen-bond acceptors (Lipinski definition) is 8. The van der Waals surface area contributed by atoms with Crippen molar-refractivity contribution in [2.24, 2.45) is 0 Å². The molecule has 0 unspecified atom stereocenters. The molecule has 7 nitrogen and oxygen atoms in total. The van der Waals surface area contributed by atoms with Gasteiger partial charge in [0, 0.05) is 22.3 Å². The van der Waals surface area contributed by atoms with Gasteiger partial charge < -0.3 is 10.3 Å². The zero-order chi connectivity index (χ0) is 20.5. The minimum atomic E-state index is -0.293. The molecule has 0 bridgehead atoms. The Morgan fingerprint density at radius 2 is 2.28 bits per heavy atom. The molecule has 12 heteroatoms. The number of aromatic nitrogens is 4. The average Bonchev–Trinajstić information content (AvgIpc) is 3.30. The Bertz CT molecular complexity index is 1330. The molecule has 4 aromatic rings. The highest BCUT2D eigenvalue weighted by Crippen LogP contribution is 2.27. The Labute approximate surface area is 186 Å². The highest BCUT2D eigenvalue weighted by Gasteiger charge is 2.15. The number of carbonyl (C=O) groups excluding carboxylic acids is 1. The van der Waals surface area contributed by atoms with Crippen LogP contribution in [0.25, 0.3) is 16.0 Å². The molecular formula is C17H12ClN5O2S4. The largest absolute Gasteiger partial charge is 0.301 e. The number of aromatic amines is 1. The summed E-state index contributed by atoms with van der Waals surface area (Å²) in [5, 5.41) is 5.97. The number of nitrogens with zero attached hydrogens (tertiary/aromatic N) is 3.